The Labute approximate surface area is 260 Å². The van der Waals surface area contributed by atoms with Gasteiger partial charge in [0.25, 0.3) is 0 Å². The largest absolute Gasteiger partial charge is 0.494 e. The van der Waals surface area contributed by atoms with Crippen LogP contribution in [0.25, 0.3) is 0 Å². The predicted molar refractivity (Wildman–Crippen MR) is 174 cm³/mol. The Bertz CT molecular complexity index is 1410. The Hall–Kier alpha value is -4.78. The molecule has 0 spiro atoms. The highest BCUT2D eigenvalue weighted by molar-refractivity contribution is 5.89. The topological polar surface area (TPSA) is 77.1 Å². The molecule has 0 aromatic heterocycles. The van der Waals surface area contributed by atoms with E-state index in [1.54, 1.807) is 0 Å². The first-order chi connectivity index (χ1) is 21.6. The summed E-state index contributed by atoms with van der Waals surface area (Å²) in [7, 11) is 0. The molecule has 0 fully saturated rings. The summed E-state index contributed by atoms with van der Waals surface area (Å²) in [6.07, 6.45) is 3.67. The molecule has 230 valence electrons. The number of hydrogen-bond acceptors (Lipinski definition) is 5. The number of carbonyl (C=O) groups excluding carboxylic acids is 2. The highest BCUT2D eigenvalue weighted by Crippen LogP contribution is 2.18. The van der Waals surface area contributed by atoms with Crippen molar-refractivity contribution in [1.82, 2.24) is 4.90 Å². The molecule has 7 heteroatoms. The number of urea groups is 1. The summed E-state index contributed by atoms with van der Waals surface area (Å²) in [5, 5.41) is 3.02. The summed E-state index contributed by atoms with van der Waals surface area (Å²) >= 11 is 0. The minimum Gasteiger partial charge on any atom is -0.494 e. The molecule has 0 bridgehead atoms. The first-order valence-corrected chi connectivity index (χ1v) is 15.3. The Balaban J connectivity index is 1.23. The van der Waals surface area contributed by atoms with Crippen LogP contribution in [0.4, 0.5) is 10.5 Å². The molecular formula is C37H42N2O5. The zero-order chi connectivity index (χ0) is 30.8. The van der Waals surface area contributed by atoms with E-state index in [-0.39, 0.29) is 25.0 Å². The molecule has 0 saturated carbocycles. The molecule has 4 rings (SSSR count). The average molecular weight is 595 g/mol. The number of benzene rings is 4. The average Bonchev–Trinajstić information content (AvgIpc) is 3.05. The molecule has 2 amide bonds. The highest BCUT2D eigenvalue weighted by Gasteiger charge is 2.15. The monoisotopic (exact) mass is 594 g/mol. The Morgan fingerprint density at radius 3 is 2.18 bits per heavy atom. The number of unbranched alkanes of at least 4 members (excludes halogenated alkanes) is 1. The maximum atomic E-state index is 13.3. The lowest BCUT2D eigenvalue weighted by Gasteiger charge is -2.24. The zero-order valence-corrected chi connectivity index (χ0v) is 25.5. The third kappa shape index (κ3) is 11.5. The molecule has 0 radical (unpaired) electrons. The Morgan fingerprint density at radius 2 is 1.43 bits per heavy atom. The van der Waals surface area contributed by atoms with Gasteiger partial charge in [-0.05, 0) is 85.7 Å². The van der Waals surface area contributed by atoms with Crippen molar-refractivity contribution in [2.75, 3.05) is 25.1 Å². The van der Waals surface area contributed by atoms with E-state index in [0.717, 1.165) is 41.8 Å². The normalized spacial score (nSPS) is 10.6. The minimum absolute atomic E-state index is 0.133. The van der Waals surface area contributed by atoms with Gasteiger partial charge in [-0.3, -0.25) is 4.79 Å². The number of carbonyl (C=O) groups is 2. The van der Waals surface area contributed by atoms with Gasteiger partial charge in [0, 0.05) is 25.2 Å². The SMILES string of the molecule is CCOc1ccc(COC(=O)CCCOc2cccc(CN(CCCCc3ccccc3)C(=O)Nc3ccccc3)c2)cc1. The fourth-order valence-electron chi connectivity index (χ4n) is 4.70. The maximum absolute atomic E-state index is 13.3. The maximum Gasteiger partial charge on any atom is 0.322 e. The van der Waals surface area contributed by atoms with Gasteiger partial charge in [-0.25, -0.2) is 4.79 Å². The molecule has 7 nitrogen and oxygen atoms in total. The Kier molecular flexibility index (Phi) is 13.2. The van der Waals surface area contributed by atoms with Crippen molar-refractivity contribution in [3.05, 3.63) is 126 Å². The van der Waals surface area contributed by atoms with Crippen LogP contribution in [0.5, 0.6) is 11.5 Å². The second-order valence-electron chi connectivity index (χ2n) is 10.5. The summed E-state index contributed by atoms with van der Waals surface area (Å²) in [5.41, 5.74) is 3.96. The third-order valence-corrected chi connectivity index (χ3v) is 7.00. The van der Waals surface area contributed by atoms with Gasteiger partial charge in [-0.15, -0.1) is 0 Å². The Morgan fingerprint density at radius 1 is 0.705 bits per heavy atom. The van der Waals surface area contributed by atoms with Gasteiger partial charge in [0.05, 0.1) is 13.2 Å². The van der Waals surface area contributed by atoms with Crippen LogP contribution < -0.4 is 14.8 Å². The highest BCUT2D eigenvalue weighted by atomic mass is 16.5. The first kappa shape index (κ1) is 32.1. The van der Waals surface area contributed by atoms with Crippen LogP contribution in [0.1, 0.15) is 49.3 Å². The molecule has 0 unspecified atom stereocenters. The number of ether oxygens (including phenoxy) is 3. The number of anilines is 1. The van der Waals surface area contributed by atoms with Crippen molar-refractivity contribution < 1.29 is 23.8 Å². The molecule has 0 aliphatic rings. The number of amides is 2. The summed E-state index contributed by atoms with van der Waals surface area (Å²) in [6.45, 7) is 4.26. The van der Waals surface area contributed by atoms with Crippen molar-refractivity contribution in [3.63, 3.8) is 0 Å². The predicted octanol–water partition coefficient (Wildman–Crippen LogP) is 8.04. The number of esters is 1. The molecule has 44 heavy (non-hydrogen) atoms. The van der Waals surface area contributed by atoms with E-state index in [9.17, 15) is 9.59 Å². The molecular weight excluding hydrogens is 552 g/mol. The molecule has 0 aliphatic carbocycles. The van der Waals surface area contributed by atoms with E-state index in [1.165, 1.54) is 5.56 Å². The number of nitrogens with one attached hydrogen (secondary N) is 1. The van der Waals surface area contributed by atoms with Gasteiger partial charge >= 0.3 is 12.0 Å². The van der Waals surface area contributed by atoms with E-state index < -0.39 is 0 Å². The lowest BCUT2D eigenvalue weighted by atomic mass is 10.1. The van der Waals surface area contributed by atoms with E-state index in [1.807, 2.05) is 96.8 Å². The van der Waals surface area contributed by atoms with Gasteiger partial charge in [0.1, 0.15) is 18.1 Å². The van der Waals surface area contributed by atoms with Crippen molar-refractivity contribution in [2.45, 2.75) is 52.2 Å². The van der Waals surface area contributed by atoms with Crippen LogP contribution in [0.15, 0.2) is 109 Å². The lowest BCUT2D eigenvalue weighted by Crippen LogP contribution is -2.35. The fraction of sp³-hybridized carbons (Fsp3) is 0.297. The fourth-order valence-corrected chi connectivity index (χ4v) is 4.70. The standard InChI is InChI=1S/C37H42N2O5/c1-2-42-34-23-21-31(22-24-34)29-44-36(40)20-12-26-43-35-19-11-16-32(27-35)28-39(37(41)38-33-17-7-4-8-18-33)25-10-9-15-30-13-5-3-6-14-30/h3-8,11,13-14,16-19,21-24,27H,2,9-10,12,15,20,25-26,28-29H2,1H3,(H,38,41). The molecule has 0 heterocycles. The van der Waals surface area contributed by atoms with E-state index in [2.05, 4.69) is 29.6 Å². The lowest BCUT2D eigenvalue weighted by molar-refractivity contribution is -0.145. The smallest absolute Gasteiger partial charge is 0.322 e. The molecule has 4 aromatic rings. The number of rotatable bonds is 17. The van der Waals surface area contributed by atoms with Crippen LogP contribution in [-0.4, -0.2) is 36.7 Å². The summed E-state index contributed by atoms with van der Waals surface area (Å²) in [4.78, 5) is 27.3. The van der Waals surface area contributed by atoms with Crippen LogP contribution in [0.3, 0.4) is 0 Å². The van der Waals surface area contributed by atoms with Gasteiger partial charge in [-0.1, -0.05) is 72.8 Å². The van der Waals surface area contributed by atoms with Gasteiger partial charge < -0.3 is 24.4 Å². The van der Waals surface area contributed by atoms with Crippen molar-refractivity contribution >= 4 is 17.7 Å². The van der Waals surface area contributed by atoms with E-state index in [0.29, 0.717) is 38.5 Å². The van der Waals surface area contributed by atoms with Crippen molar-refractivity contribution in [1.29, 1.82) is 0 Å². The van der Waals surface area contributed by atoms with Crippen LogP contribution in [-0.2, 0) is 29.1 Å². The number of para-hydroxylation sites is 1. The number of hydrogen-bond donors (Lipinski definition) is 1. The second-order valence-corrected chi connectivity index (χ2v) is 10.5. The summed E-state index contributed by atoms with van der Waals surface area (Å²) in [6, 6.07) is 35.1. The van der Waals surface area contributed by atoms with Crippen LogP contribution >= 0.6 is 0 Å². The summed E-state index contributed by atoms with van der Waals surface area (Å²) < 4.78 is 16.8. The first-order valence-electron chi connectivity index (χ1n) is 15.3. The van der Waals surface area contributed by atoms with Gasteiger partial charge in [-0.2, -0.15) is 0 Å². The second kappa shape index (κ2) is 18.0. The number of aryl methyl sites for hydroxylation is 1. The third-order valence-electron chi connectivity index (χ3n) is 7.00. The van der Waals surface area contributed by atoms with Crippen LogP contribution in [0, 0.1) is 0 Å². The van der Waals surface area contributed by atoms with E-state index >= 15 is 0 Å². The molecule has 0 aliphatic heterocycles. The molecule has 0 atom stereocenters. The number of nitrogens with zero attached hydrogens (tertiary/aromatic N) is 1. The summed E-state index contributed by atoms with van der Waals surface area (Å²) in [5.74, 6) is 1.24. The zero-order valence-electron chi connectivity index (χ0n) is 25.5. The molecule has 1 N–H and O–H groups in total. The molecule has 0 saturated heterocycles. The van der Waals surface area contributed by atoms with Crippen molar-refractivity contribution in [2.24, 2.45) is 0 Å². The van der Waals surface area contributed by atoms with Crippen LogP contribution in [0.2, 0.25) is 0 Å². The van der Waals surface area contributed by atoms with Gasteiger partial charge in [0.15, 0.2) is 0 Å². The quantitative estimate of drug-likeness (QED) is 0.0989. The molecule has 4 aromatic carbocycles. The van der Waals surface area contributed by atoms with Crippen molar-refractivity contribution in [3.8, 4) is 11.5 Å². The van der Waals surface area contributed by atoms with Gasteiger partial charge in [0.2, 0.25) is 0 Å². The minimum atomic E-state index is -0.261. The van der Waals surface area contributed by atoms with E-state index in [4.69, 9.17) is 14.2 Å².